The summed E-state index contributed by atoms with van der Waals surface area (Å²) in [7, 11) is 0. The molecular formula is C13H14BrN3O3. The Morgan fingerprint density at radius 3 is 2.85 bits per heavy atom. The summed E-state index contributed by atoms with van der Waals surface area (Å²) in [4.78, 5) is 37.1. The van der Waals surface area contributed by atoms with E-state index in [1.807, 2.05) is 0 Å². The average molecular weight is 340 g/mol. The van der Waals surface area contributed by atoms with Crippen molar-refractivity contribution in [2.45, 2.75) is 19.4 Å². The number of nitrogens with one attached hydrogen (secondary N) is 1. The predicted octanol–water partition coefficient (Wildman–Crippen LogP) is 0.908. The van der Waals surface area contributed by atoms with Gasteiger partial charge in [0.05, 0.1) is 10.0 Å². The van der Waals surface area contributed by atoms with Gasteiger partial charge in [-0.1, -0.05) is 13.0 Å². The molecule has 0 aromatic heterocycles. The third kappa shape index (κ3) is 2.53. The fourth-order valence-corrected chi connectivity index (χ4v) is 2.59. The highest BCUT2D eigenvalue weighted by molar-refractivity contribution is 9.10. The first kappa shape index (κ1) is 14.5. The number of nitrogen functional groups attached to an aromatic ring is 1. The van der Waals surface area contributed by atoms with Crippen molar-refractivity contribution < 1.29 is 14.4 Å². The van der Waals surface area contributed by atoms with Gasteiger partial charge in [-0.25, -0.2) is 0 Å². The fourth-order valence-electron chi connectivity index (χ4n) is 2.16. The van der Waals surface area contributed by atoms with E-state index in [1.165, 1.54) is 4.90 Å². The van der Waals surface area contributed by atoms with E-state index in [-0.39, 0.29) is 12.5 Å². The average Bonchev–Trinajstić information content (AvgIpc) is 2.40. The van der Waals surface area contributed by atoms with Gasteiger partial charge in [-0.2, -0.15) is 0 Å². The highest BCUT2D eigenvalue weighted by Gasteiger charge is 2.36. The normalized spacial score (nSPS) is 18.9. The number of carbonyl (C=O) groups is 3. The Morgan fingerprint density at radius 1 is 1.50 bits per heavy atom. The molecule has 1 aromatic carbocycles. The smallest absolute Gasteiger partial charge is 0.256 e. The van der Waals surface area contributed by atoms with Crippen molar-refractivity contribution in [3.63, 3.8) is 0 Å². The molecule has 1 aliphatic heterocycles. The maximum absolute atomic E-state index is 12.5. The molecule has 1 aliphatic rings. The minimum atomic E-state index is -0.645. The van der Waals surface area contributed by atoms with Crippen LogP contribution in [0.1, 0.15) is 23.7 Å². The van der Waals surface area contributed by atoms with Crippen molar-refractivity contribution >= 4 is 39.3 Å². The lowest BCUT2D eigenvalue weighted by atomic mass is 10.1. The Labute approximate surface area is 124 Å². The highest BCUT2D eigenvalue weighted by atomic mass is 79.9. The monoisotopic (exact) mass is 339 g/mol. The number of piperazine rings is 1. The molecule has 3 amide bonds. The maximum atomic E-state index is 12.5. The van der Waals surface area contributed by atoms with Crippen LogP contribution in [0, 0.1) is 0 Å². The molecule has 1 aromatic rings. The summed E-state index contributed by atoms with van der Waals surface area (Å²) in [6.07, 6.45) is 0.435. The summed E-state index contributed by atoms with van der Waals surface area (Å²) in [5.74, 6) is -1.32. The largest absolute Gasteiger partial charge is 0.398 e. The first-order valence-corrected chi connectivity index (χ1v) is 6.93. The summed E-state index contributed by atoms with van der Waals surface area (Å²) >= 11 is 3.26. The zero-order valence-corrected chi connectivity index (χ0v) is 12.4. The van der Waals surface area contributed by atoms with E-state index in [2.05, 4.69) is 21.2 Å². The Bertz CT molecular complexity index is 588. The van der Waals surface area contributed by atoms with Gasteiger partial charge in [0.15, 0.2) is 0 Å². The lowest BCUT2D eigenvalue weighted by molar-refractivity contribution is -0.138. The van der Waals surface area contributed by atoms with E-state index < -0.39 is 17.9 Å². The molecule has 1 heterocycles. The molecule has 0 aliphatic carbocycles. The number of halogens is 1. The first-order valence-electron chi connectivity index (χ1n) is 6.14. The van der Waals surface area contributed by atoms with Crippen LogP contribution < -0.4 is 11.1 Å². The Balaban J connectivity index is 2.37. The third-order valence-electron chi connectivity index (χ3n) is 3.16. The molecule has 0 saturated carbocycles. The van der Waals surface area contributed by atoms with Crippen LogP contribution in [0.4, 0.5) is 5.69 Å². The first-order chi connectivity index (χ1) is 9.45. The van der Waals surface area contributed by atoms with E-state index >= 15 is 0 Å². The quantitative estimate of drug-likeness (QED) is 0.618. The molecule has 1 unspecified atom stereocenters. The van der Waals surface area contributed by atoms with E-state index in [9.17, 15) is 14.4 Å². The minimum absolute atomic E-state index is 0.135. The van der Waals surface area contributed by atoms with Crippen molar-refractivity contribution in [3.8, 4) is 0 Å². The number of nitrogens with zero attached hydrogens (tertiary/aromatic N) is 1. The molecule has 20 heavy (non-hydrogen) atoms. The van der Waals surface area contributed by atoms with Crippen molar-refractivity contribution in [1.82, 2.24) is 10.2 Å². The molecule has 1 saturated heterocycles. The molecule has 7 heteroatoms. The Kier molecular flexibility index (Phi) is 4.08. The van der Waals surface area contributed by atoms with Crippen LogP contribution >= 0.6 is 15.9 Å². The van der Waals surface area contributed by atoms with Crippen molar-refractivity contribution in [2.75, 3.05) is 12.3 Å². The molecule has 106 valence electrons. The van der Waals surface area contributed by atoms with Crippen LogP contribution in [0.25, 0.3) is 0 Å². The van der Waals surface area contributed by atoms with E-state index in [4.69, 9.17) is 5.73 Å². The van der Waals surface area contributed by atoms with E-state index in [1.54, 1.807) is 25.1 Å². The Morgan fingerprint density at radius 2 is 2.20 bits per heavy atom. The van der Waals surface area contributed by atoms with Gasteiger partial charge in [-0.15, -0.1) is 0 Å². The van der Waals surface area contributed by atoms with Crippen molar-refractivity contribution in [2.24, 2.45) is 0 Å². The van der Waals surface area contributed by atoms with E-state index in [0.717, 1.165) is 0 Å². The van der Waals surface area contributed by atoms with Gasteiger partial charge in [0.1, 0.15) is 12.6 Å². The highest BCUT2D eigenvalue weighted by Crippen LogP contribution is 2.26. The van der Waals surface area contributed by atoms with Gasteiger partial charge in [-0.3, -0.25) is 19.7 Å². The molecule has 3 N–H and O–H groups in total. The van der Waals surface area contributed by atoms with Crippen LogP contribution in [-0.4, -0.2) is 35.2 Å². The molecule has 1 atom stereocenters. The third-order valence-corrected chi connectivity index (χ3v) is 4.05. The summed E-state index contributed by atoms with van der Waals surface area (Å²) < 4.78 is 0.471. The van der Waals surface area contributed by atoms with Crippen molar-refractivity contribution in [3.05, 3.63) is 28.2 Å². The summed E-state index contributed by atoms with van der Waals surface area (Å²) in [5, 5.41) is 2.23. The SMILES string of the molecule is CCC1C(=O)NC(=O)CN1C(=O)c1cccc(N)c1Br. The Hall–Kier alpha value is -1.89. The second-order valence-corrected chi connectivity index (χ2v) is 5.27. The van der Waals surface area contributed by atoms with Gasteiger partial charge in [0.25, 0.3) is 5.91 Å². The molecule has 1 fully saturated rings. The molecule has 0 spiro atoms. The topological polar surface area (TPSA) is 92.5 Å². The number of anilines is 1. The molecule has 2 rings (SSSR count). The molecule has 6 nitrogen and oxygen atoms in total. The van der Waals surface area contributed by atoms with Crippen LogP contribution in [0.2, 0.25) is 0 Å². The van der Waals surface area contributed by atoms with Crippen LogP contribution in [0.5, 0.6) is 0 Å². The number of rotatable bonds is 2. The predicted molar refractivity (Wildman–Crippen MR) is 76.8 cm³/mol. The number of benzene rings is 1. The van der Waals surface area contributed by atoms with E-state index in [0.29, 0.717) is 22.1 Å². The second kappa shape index (κ2) is 5.62. The van der Waals surface area contributed by atoms with Gasteiger partial charge in [0.2, 0.25) is 11.8 Å². The fraction of sp³-hybridized carbons (Fsp3) is 0.308. The van der Waals surface area contributed by atoms with Crippen molar-refractivity contribution in [1.29, 1.82) is 0 Å². The molecule has 0 radical (unpaired) electrons. The minimum Gasteiger partial charge on any atom is -0.398 e. The molecular weight excluding hydrogens is 326 g/mol. The summed E-state index contributed by atoms with van der Waals surface area (Å²) in [5.41, 5.74) is 6.51. The standard InChI is InChI=1S/C13H14BrN3O3/c1-2-9-12(19)16-10(18)6-17(9)13(20)7-4-3-5-8(15)11(7)14/h3-5,9H,2,6,15H2,1H3,(H,16,18,19). The lowest BCUT2D eigenvalue weighted by Crippen LogP contribution is -2.59. The zero-order chi connectivity index (χ0) is 14.9. The maximum Gasteiger partial charge on any atom is 0.256 e. The lowest BCUT2D eigenvalue weighted by Gasteiger charge is -2.33. The zero-order valence-electron chi connectivity index (χ0n) is 10.9. The molecule has 0 bridgehead atoms. The summed E-state index contributed by atoms with van der Waals surface area (Å²) in [6, 6.07) is 4.27. The number of carbonyl (C=O) groups excluding carboxylic acids is 3. The number of nitrogens with two attached hydrogens (primary N) is 1. The van der Waals surface area contributed by atoms with Gasteiger partial charge in [-0.05, 0) is 34.5 Å². The number of hydrogen-bond acceptors (Lipinski definition) is 4. The summed E-state index contributed by atoms with van der Waals surface area (Å²) in [6.45, 7) is 1.65. The van der Waals surface area contributed by atoms with Gasteiger partial charge >= 0.3 is 0 Å². The van der Waals surface area contributed by atoms with Gasteiger partial charge < -0.3 is 10.6 Å². The number of hydrogen-bond donors (Lipinski definition) is 2. The van der Waals surface area contributed by atoms with Gasteiger partial charge in [0, 0.05) is 5.69 Å². The van der Waals surface area contributed by atoms with Crippen LogP contribution in [0.15, 0.2) is 22.7 Å². The van der Waals surface area contributed by atoms with Crippen LogP contribution in [-0.2, 0) is 9.59 Å². The number of imide groups is 1. The van der Waals surface area contributed by atoms with Crippen LogP contribution in [0.3, 0.4) is 0 Å². The second-order valence-electron chi connectivity index (χ2n) is 4.48. The number of amides is 3.